The number of ether oxygens (including phenoxy) is 1. The summed E-state index contributed by atoms with van der Waals surface area (Å²) in [6, 6.07) is 6.33. The Labute approximate surface area is 123 Å². The Hall–Kier alpha value is -2.17. The molecule has 1 aromatic carbocycles. The van der Waals surface area contributed by atoms with Gasteiger partial charge >= 0.3 is 5.97 Å². The molecule has 0 saturated carbocycles. The van der Waals surface area contributed by atoms with E-state index in [4.69, 9.17) is 4.74 Å². The number of carbonyl (C=O) groups is 3. The minimum Gasteiger partial charge on any atom is -0.462 e. The number of anilines is 1. The third-order valence-electron chi connectivity index (χ3n) is 3.93. The predicted octanol–water partition coefficient (Wildman–Crippen LogP) is 2.54. The van der Waals surface area contributed by atoms with Crippen LogP contribution < -0.4 is 4.90 Å². The van der Waals surface area contributed by atoms with Crippen molar-refractivity contribution in [3.8, 4) is 0 Å². The number of rotatable bonds is 4. The highest BCUT2D eigenvalue weighted by Crippen LogP contribution is 2.38. The molecule has 0 N–H and O–H groups in total. The quantitative estimate of drug-likeness (QED) is 0.631. The normalized spacial score (nSPS) is 21.8. The average molecular weight is 289 g/mol. The van der Waals surface area contributed by atoms with E-state index in [9.17, 15) is 14.4 Å². The van der Waals surface area contributed by atoms with E-state index in [2.05, 4.69) is 0 Å². The van der Waals surface area contributed by atoms with Crippen LogP contribution >= 0.6 is 0 Å². The van der Waals surface area contributed by atoms with Gasteiger partial charge in [-0.15, -0.1) is 0 Å². The summed E-state index contributed by atoms with van der Waals surface area (Å²) >= 11 is 0. The van der Waals surface area contributed by atoms with E-state index in [1.807, 2.05) is 6.92 Å². The second kappa shape index (κ2) is 5.68. The number of benzene rings is 1. The van der Waals surface area contributed by atoms with Crippen molar-refractivity contribution >= 4 is 23.5 Å². The number of imide groups is 1. The van der Waals surface area contributed by atoms with E-state index in [1.54, 1.807) is 38.1 Å². The maximum absolute atomic E-state index is 12.4. The molecule has 0 aromatic heterocycles. The van der Waals surface area contributed by atoms with E-state index in [0.29, 0.717) is 24.3 Å². The SMILES string of the molecule is CCOC(=O)c1ccc(N2C(=O)CC(C)(CC)C2=O)cc1. The van der Waals surface area contributed by atoms with Crippen molar-refractivity contribution in [1.29, 1.82) is 0 Å². The van der Waals surface area contributed by atoms with Gasteiger partial charge in [-0.1, -0.05) is 13.8 Å². The van der Waals surface area contributed by atoms with Gasteiger partial charge in [0, 0.05) is 6.42 Å². The molecule has 5 nitrogen and oxygen atoms in total. The summed E-state index contributed by atoms with van der Waals surface area (Å²) in [5.41, 5.74) is 0.268. The van der Waals surface area contributed by atoms with Crippen molar-refractivity contribution < 1.29 is 19.1 Å². The zero-order valence-electron chi connectivity index (χ0n) is 12.5. The van der Waals surface area contributed by atoms with Crippen LogP contribution in [0.5, 0.6) is 0 Å². The molecule has 2 amide bonds. The summed E-state index contributed by atoms with van der Waals surface area (Å²) in [6.45, 7) is 5.75. The molecule has 5 heteroatoms. The number of esters is 1. The molecule has 1 aliphatic heterocycles. The van der Waals surface area contributed by atoms with Gasteiger partial charge in [-0.3, -0.25) is 14.5 Å². The van der Waals surface area contributed by atoms with E-state index in [1.165, 1.54) is 4.90 Å². The highest BCUT2D eigenvalue weighted by molar-refractivity contribution is 6.22. The van der Waals surface area contributed by atoms with Gasteiger partial charge in [-0.05, 0) is 37.6 Å². The fourth-order valence-electron chi connectivity index (χ4n) is 2.37. The van der Waals surface area contributed by atoms with Gasteiger partial charge in [0.05, 0.1) is 23.3 Å². The first-order valence-electron chi connectivity index (χ1n) is 7.07. The second-order valence-electron chi connectivity index (χ2n) is 5.39. The molecule has 0 spiro atoms. The highest BCUT2D eigenvalue weighted by atomic mass is 16.5. The third kappa shape index (κ3) is 2.68. The molecular weight excluding hydrogens is 270 g/mol. The number of amides is 2. The van der Waals surface area contributed by atoms with Crippen molar-refractivity contribution in [3.05, 3.63) is 29.8 Å². The first kappa shape index (κ1) is 15.2. The summed E-state index contributed by atoms with van der Waals surface area (Å²) in [5, 5.41) is 0. The van der Waals surface area contributed by atoms with Gasteiger partial charge in [0.15, 0.2) is 0 Å². The number of nitrogens with zero attached hydrogens (tertiary/aromatic N) is 1. The first-order valence-corrected chi connectivity index (χ1v) is 7.07. The lowest BCUT2D eigenvalue weighted by atomic mass is 9.86. The summed E-state index contributed by atoms with van der Waals surface area (Å²) in [4.78, 5) is 37.3. The van der Waals surface area contributed by atoms with E-state index in [0.717, 1.165) is 0 Å². The average Bonchev–Trinajstić information content (AvgIpc) is 2.70. The maximum Gasteiger partial charge on any atom is 0.338 e. The van der Waals surface area contributed by atoms with Gasteiger partial charge in [-0.2, -0.15) is 0 Å². The van der Waals surface area contributed by atoms with E-state index < -0.39 is 11.4 Å². The van der Waals surface area contributed by atoms with Crippen LogP contribution in [0, 0.1) is 5.41 Å². The molecule has 0 bridgehead atoms. The Balaban J connectivity index is 2.25. The second-order valence-corrected chi connectivity index (χ2v) is 5.39. The van der Waals surface area contributed by atoms with Crippen LogP contribution in [0.25, 0.3) is 0 Å². The zero-order chi connectivity index (χ0) is 15.6. The fraction of sp³-hybridized carbons (Fsp3) is 0.438. The van der Waals surface area contributed by atoms with Crippen molar-refractivity contribution in [3.63, 3.8) is 0 Å². The first-order chi connectivity index (χ1) is 9.92. The molecule has 1 atom stereocenters. The summed E-state index contributed by atoms with van der Waals surface area (Å²) in [5.74, 6) is -0.798. The van der Waals surface area contributed by atoms with Crippen LogP contribution in [-0.4, -0.2) is 24.4 Å². The molecule has 0 aliphatic carbocycles. The van der Waals surface area contributed by atoms with Crippen molar-refractivity contribution in [2.24, 2.45) is 5.41 Å². The minimum absolute atomic E-state index is 0.182. The fourth-order valence-corrected chi connectivity index (χ4v) is 2.37. The molecule has 2 rings (SSSR count). The van der Waals surface area contributed by atoms with Gasteiger partial charge in [0.1, 0.15) is 0 Å². The molecule has 21 heavy (non-hydrogen) atoms. The molecule has 112 valence electrons. The van der Waals surface area contributed by atoms with Crippen LogP contribution in [0.2, 0.25) is 0 Å². The predicted molar refractivity (Wildman–Crippen MR) is 77.9 cm³/mol. The Kier molecular flexibility index (Phi) is 4.11. The number of carbonyl (C=O) groups excluding carboxylic acids is 3. The van der Waals surface area contributed by atoms with Crippen LogP contribution in [0.1, 0.15) is 44.0 Å². The lowest BCUT2D eigenvalue weighted by Gasteiger charge is -2.20. The third-order valence-corrected chi connectivity index (χ3v) is 3.93. The molecule has 1 unspecified atom stereocenters. The Bertz CT molecular complexity index is 578. The highest BCUT2D eigenvalue weighted by Gasteiger charge is 2.47. The summed E-state index contributed by atoms with van der Waals surface area (Å²) < 4.78 is 4.90. The van der Waals surface area contributed by atoms with E-state index >= 15 is 0 Å². The topological polar surface area (TPSA) is 63.7 Å². The van der Waals surface area contributed by atoms with Crippen molar-refractivity contribution in [2.75, 3.05) is 11.5 Å². The van der Waals surface area contributed by atoms with Crippen LogP contribution in [0.4, 0.5) is 5.69 Å². The maximum atomic E-state index is 12.4. The molecule has 1 heterocycles. The van der Waals surface area contributed by atoms with Crippen LogP contribution in [0.15, 0.2) is 24.3 Å². The van der Waals surface area contributed by atoms with Crippen LogP contribution in [-0.2, 0) is 14.3 Å². The smallest absolute Gasteiger partial charge is 0.338 e. The van der Waals surface area contributed by atoms with Crippen molar-refractivity contribution in [2.45, 2.75) is 33.6 Å². The molecule has 1 fully saturated rings. The standard InChI is InChI=1S/C16H19NO4/c1-4-16(3)10-13(18)17(15(16)20)12-8-6-11(7-9-12)14(19)21-5-2/h6-9H,4-5,10H2,1-3H3. The molecule has 1 aromatic rings. The zero-order valence-corrected chi connectivity index (χ0v) is 12.5. The Morgan fingerprint density at radius 3 is 2.33 bits per heavy atom. The molecule has 1 aliphatic rings. The van der Waals surface area contributed by atoms with Crippen LogP contribution in [0.3, 0.4) is 0 Å². The van der Waals surface area contributed by atoms with Gasteiger partial charge < -0.3 is 4.74 Å². The number of hydrogen-bond acceptors (Lipinski definition) is 4. The van der Waals surface area contributed by atoms with Gasteiger partial charge in [0.2, 0.25) is 11.8 Å². The minimum atomic E-state index is -0.628. The monoisotopic (exact) mass is 289 g/mol. The largest absolute Gasteiger partial charge is 0.462 e. The number of hydrogen-bond donors (Lipinski definition) is 0. The lowest BCUT2D eigenvalue weighted by molar-refractivity contribution is -0.125. The van der Waals surface area contributed by atoms with Gasteiger partial charge in [0.25, 0.3) is 0 Å². The molecule has 1 saturated heterocycles. The Morgan fingerprint density at radius 1 is 1.24 bits per heavy atom. The summed E-state index contributed by atoms with van der Waals surface area (Å²) in [6.07, 6.45) is 0.844. The lowest BCUT2D eigenvalue weighted by Crippen LogP contribution is -2.33. The van der Waals surface area contributed by atoms with Crippen molar-refractivity contribution in [1.82, 2.24) is 0 Å². The van der Waals surface area contributed by atoms with Gasteiger partial charge in [-0.25, -0.2) is 4.79 Å². The molecule has 0 radical (unpaired) electrons. The van der Waals surface area contributed by atoms with E-state index in [-0.39, 0.29) is 18.2 Å². The molecular formula is C16H19NO4. The Morgan fingerprint density at radius 2 is 1.86 bits per heavy atom. The summed E-state index contributed by atoms with van der Waals surface area (Å²) in [7, 11) is 0.